The van der Waals surface area contributed by atoms with Gasteiger partial charge in [0.05, 0.1) is 6.10 Å². The molecule has 1 rings (SSSR count). The number of aliphatic hydroxyl groups excluding tert-OH is 1. The monoisotopic (exact) mass is 186 g/mol. The SMILES string of the molecule is C[C@@H](O)CN(C)C1CCN(C)CC1. The van der Waals surface area contributed by atoms with Gasteiger partial charge in [0.15, 0.2) is 0 Å². The fraction of sp³-hybridized carbons (Fsp3) is 1.00. The van der Waals surface area contributed by atoms with E-state index in [2.05, 4.69) is 23.9 Å². The molecule has 0 saturated carbocycles. The zero-order valence-corrected chi connectivity index (χ0v) is 9.03. The molecule has 1 saturated heterocycles. The molecule has 0 spiro atoms. The van der Waals surface area contributed by atoms with Crippen LogP contribution in [0.5, 0.6) is 0 Å². The third-order valence-electron chi connectivity index (χ3n) is 2.86. The molecule has 1 heterocycles. The Balaban J connectivity index is 2.27. The van der Waals surface area contributed by atoms with Crippen LogP contribution < -0.4 is 0 Å². The molecular formula is C10H22N2O. The highest BCUT2D eigenvalue weighted by Crippen LogP contribution is 2.13. The van der Waals surface area contributed by atoms with Gasteiger partial charge in [-0.05, 0) is 47.0 Å². The van der Waals surface area contributed by atoms with Gasteiger partial charge < -0.3 is 14.9 Å². The molecule has 3 nitrogen and oxygen atoms in total. The lowest BCUT2D eigenvalue weighted by molar-refractivity contribution is 0.0878. The molecule has 0 aromatic rings. The van der Waals surface area contributed by atoms with Crippen LogP contribution in [0.25, 0.3) is 0 Å². The molecule has 1 N–H and O–H groups in total. The molecule has 3 heteroatoms. The van der Waals surface area contributed by atoms with Gasteiger partial charge in [-0.2, -0.15) is 0 Å². The Morgan fingerprint density at radius 1 is 1.46 bits per heavy atom. The first kappa shape index (κ1) is 11.0. The van der Waals surface area contributed by atoms with Crippen LogP contribution in [-0.2, 0) is 0 Å². The minimum absolute atomic E-state index is 0.204. The van der Waals surface area contributed by atoms with Crippen LogP contribution in [0.4, 0.5) is 0 Å². The van der Waals surface area contributed by atoms with Crippen LogP contribution in [0, 0.1) is 0 Å². The van der Waals surface area contributed by atoms with Crippen molar-refractivity contribution in [2.24, 2.45) is 0 Å². The van der Waals surface area contributed by atoms with Gasteiger partial charge in [0.1, 0.15) is 0 Å². The van der Waals surface area contributed by atoms with E-state index in [1.165, 1.54) is 25.9 Å². The third kappa shape index (κ3) is 3.63. The Morgan fingerprint density at radius 2 is 2.00 bits per heavy atom. The Bertz CT molecular complexity index is 142. The maximum Gasteiger partial charge on any atom is 0.0639 e. The number of likely N-dealkylation sites (N-methyl/N-ethyl adjacent to an activating group) is 1. The van der Waals surface area contributed by atoms with Crippen molar-refractivity contribution in [1.82, 2.24) is 9.80 Å². The number of hydrogen-bond donors (Lipinski definition) is 1. The van der Waals surface area contributed by atoms with E-state index < -0.39 is 0 Å². The molecule has 0 bridgehead atoms. The van der Waals surface area contributed by atoms with Crippen molar-refractivity contribution in [2.75, 3.05) is 33.7 Å². The Labute approximate surface area is 81.3 Å². The van der Waals surface area contributed by atoms with E-state index in [0.29, 0.717) is 6.04 Å². The topological polar surface area (TPSA) is 26.7 Å². The number of nitrogens with zero attached hydrogens (tertiary/aromatic N) is 2. The van der Waals surface area contributed by atoms with Crippen LogP contribution >= 0.6 is 0 Å². The van der Waals surface area contributed by atoms with E-state index in [-0.39, 0.29) is 6.10 Å². The van der Waals surface area contributed by atoms with E-state index in [4.69, 9.17) is 0 Å². The van der Waals surface area contributed by atoms with Crippen molar-refractivity contribution in [3.8, 4) is 0 Å². The van der Waals surface area contributed by atoms with Crippen LogP contribution in [0.1, 0.15) is 19.8 Å². The molecule has 13 heavy (non-hydrogen) atoms. The first-order valence-corrected chi connectivity index (χ1v) is 5.16. The normalized spacial score (nSPS) is 23.8. The van der Waals surface area contributed by atoms with Gasteiger partial charge in [-0.15, -0.1) is 0 Å². The predicted molar refractivity (Wildman–Crippen MR) is 54.8 cm³/mol. The second-order valence-corrected chi connectivity index (χ2v) is 4.32. The first-order valence-electron chi connectivity index (χ1n) is 5.16. The standard InChI is InChI=1S/C10H22N2O/c1-9(13)8-12(3)10-4-6-11(2)7-5-10/h9-10,13H,4-8H2,1-3H3/t9-/m1/s1. The zero-order chi connectivity index (χ0) is 9.84. The van der Waals surface area contributed by atoms with Gasteiger partial charge in [0, 0.05) is 12.6 Å². The molecule has 78 valence electrons. The van der Waals surface area contributed by atoms with Crippen molar-refractivity contribution in [2.45, 2.75) is 31.9 Å². The van der Waals surface area contributed by atoms with Crippen molar-refractivity contribution >= 4 is 0 Å². The van der Waals surface area contributed by atoms with Crippen LogP contribution in [0.15, 0.2) is 0 Å². The first-order chi connectivity index (χ1) is 6.09. The van der Waals surface area contributed by atoms with Crippen LogP contribution in [0.2, 0.25) is 0 Å². The van der Waals surface area contributed by atoms with Crippen molar-refractivity contribution in [1.29, 1.82) is 0 Å². The Kier molecular flexibility index (Phi) is 4.16. The van der Waals surface area contributed by atoms with E-state index in [1.807, 2.05) is 6.92 Å². The van der Waals surface area contributed by atoms with E-state index >= 15 is 0 Å². The van der Waals surface area contributed by atoms with E-state index in [9.17, 15) is 5.11 Å². The summed E-state index contributed by atoms with van der Waals surface area (Å²) in [6, 6.07) is 0.672. The number of aliphatic hydroxyl groups is 1. The van der Waals surface area contributed by atoms with Crippen LogP contribution in [0.3, 0.4) is 0 Å². The lowest BCUT2D eigenvalue weighted by atomic mass is 10.0. The summed E-state index contributed by atoms with van der Waals surface area (Å²) in [5, 5.41) is 9.25. The van der Waals surface area contributed by atoms with Crippen molar-refractivity contribution in [3.05, 3.63) is 0 Å². The fourth-order valence-electron chi connectivity index (χ4n) is 2.00. The fourth-order valence-corrected chi connectivity index (χ4v) is 2.00. The predicted octanol–water partition coefficient (Wildman–Crippen LogP) is 0.393. The second kappa shape index (κ2) is 4.94. The lowest BCUT2D eigenvalue weighted by Crippen LogP contribution is -2.44. The maximum atomic E-state index is 9.25. The maximum absolute atomic E-state index is 9.25. The van der Waals surface area contributed by atoms with Crippen molar-refractivity contribution < 1.29 is 5.11 Å². The highest BCUT2D eigenvalue weighted by Gasteiger charge is 2.20. The van der Waals surface area contributed by atoms with Gasteiger partial charge in [0.25, 0.3) is 0 Å². The molecule has 1 atom stereocenters. The molecule has 0 aromatic carbocycles. The summed E-state index contributed by atoms with van der Waals surface area (Å²) in [5.74, 6) is 0. The second-order valence-electron chi connectivity index (χ2n) is 4.32. The molecule has 0 aliphatic carbocycles. The summed E-state index contributed by atoms with van der Waals surface area (Å²) in [5.41, 5.74) is 0. The molecule has 1 fully saturated rings. The molecule has 1 aliphatic heterocycles. The molecular weight excluding hydrogens is 164 g/mol. The number of piperidine rings is 1. The minimum atomic E-state index is -0.204. The van der Waals surface area contributed by atoms with Crippen LogP contribution in [-0.4, -0.2) is 60.8 Å². The Morgan fingerprint density at radius 3 is 2.46 bits per heavy atom. The van der Waals surface area contributed by atoms with Gasteiger partial charge in [-0.3, -0.25) is 0 Å². The van der Waals surface area contributed by atoms with Crippen molar-refractivity contribution in [3.63, 3.8) is 0 Å². The van der Waals surface area contributed by atoms with Gasteiger partial charge >= 0.3 is 0 Å². The summed E-state index contributed by atoms with van der Waals surface area (Å²) < 4.78 is 0. The van der Waals surface area contributed by atoms with E-state index in [0.717, 1.165) is 6.54 Å². The highest BCUT2D eigenvalue weighted by molar-refractivity contribution is 4.77. The van der Waals surface area contributed by atoms with Gasteiger partial charge in [-0.1, -0.05) is 0 Å². The average Bonchev–Trinajstić information content (AvgIpc) is 2.04. The number of hydrogen-bond acceptors (Lipinski definition) is 3. The molecule has 0 amide bonds. The van der Waals surface area contributed by atoms with Gasteiger partial charge in [0.2, 0.25) is 0 Å². The number of likely N-dealkylation sites (tertiary alicyclic amines) is 1. The number of rotatable bonds is 3. The summed E-state index contributed by atoms with van der Waals surface area (Å²) >= 11 is 0. The zero-order valence-electron chi connectivity index (χ0n) is 9.03. The lowest BCUT2D eigenvalue weighted by Gasteiger charge is -2.35. The largest absolute Gasteiger partial charge is 0.392 e. The molecule has 0 radical (unpaired) electrons. The van der Waals surface area contributed by atoms with E-state index in [1.54, 1.807) is 0 Å². The molecule has 0 aromatic heterocycles. The third-order valence-corrected chi connectivity index (χ3v) is 2.86. The summed E-state index contributed by atoms with van der Waals surface area (Å²) in [6.45, 7) is 5.03. The van der Waals surface area contributed by atoms with Gasteiger partial charge in [-0.25, -0.2) is 0 Å². The average molecular weight is 186 g/mol. The summed E-state index contributed by atoms with van der Waals surface area (Å²) in [7, 11) is 4.29. The highest BCUT2D eigenvalue weighted by atomic mass is 16.3. The summed E-state index contributed by atoms with van der Waals surface area (Å²) in [4.78, 5) is 4.66. The molecule has 1 aliphatic rings. The molecule has 0 unspecified atom stereocenters. The smallest absolute Gasteiger partial charge is 0.0639 e. The quantitative estimate of drug-likeness (QED) is 0.691. The summed E-state index contributed by atoms with van der Waals surface area (Å²) in [6.07, 6.45) is 2.27. The minimum Gasteiger partial charge on any atom is -0.392 e. The Hall–Kier alpha value is -0.120.